The summed E-state index contributed by atoms with van der Waals surface area (Å²) in [6.45, 7) is 13.7. The van der Waals surface area contributed by atoms with E-state index in [1.54, 1.807) is 11.0 Å². The van der Waals surface area contributed by atoms with Crippen molar-refractivity contribution in [3.8, 4) is 5.75 Å². The average Bonchev–Trinajstić information content (AvgIpc) is 3.25. The first-order valence-corrected chi connectivity index (χ1v) is 12.4. The molecule has 0 aliphatic carbocycles. The molecule has 0 aromatic heterocycles. The van der Waals surface area contributed by atoms with Crippen molar-refractivity contribution in [2.45, 2.75) is 78.4 Å². The van der Waals surface area contributed by atoms with E-state index in [0.717, 1.165) is 18.4 Å². The van der Waals surface area contributed by atoms with Gasteiger partial charge in [-0.25, -0.2) is 9.59 Å². The van der Waals surface area contributed by atoms with Crippen LogP contribution in [0.1, 0.15) is 82.6 Å². The SMILES string of the molecule is COC(=O)c1ccc(O[C@H]2CCN(C(=O)OC(C)(C)C)C2)c(C2CCN(C(=O)C(C)(C)C)CC2)c1. The van der Waals surface area contributed by atoms with E-state index in [4.69, 9.17) is 14.2 Å². The molecule has 0 unspecified atom stereocenters. The predicted octanol–water partition coefficient (Wildman–Crippen LogP) is 4.61. The second-order valence-corrected chi connectivity index (χ2v) is 11.5. The number of ether oxygens (including phenoxy) is 3. The molecule has 2 aliphatic rings. The number of carbonyl (C=O) groups is 3. The third-order valence-corrected chi connectivity index (χ3v) is 6.38. The van der Waals surface area contributed by atoms with Gasteiger partial charge in [0.1, 0.15) is 17.5 Å². The van der Waals surface area contributed by atoms with Crippen LogP contribution in [-0.2, 0) is 14.3 Å². The number of benzene rings is 1. The van der Waals surface area contributed by atoms with Crippen LogP contribution in [0, 0.1) is 5.41 Å². The zero-order valence-electron chi connectivity index (χ0n) is 22.2. The summed E-state index contributed by atoms with van der Waals surface area (Å²) in [5.41, 5.74) is 0.473. The van der Waals surface area contributed by atoms with E-state index in [-0.39, 0.29) is 24.0 Å². The van der Waals surface area contributed by atoms with Crippen molar-refractivity contribution in [3.63, 3.8) is 0 Å². The fourth-order valence-electron chi connectivity index (χ4n) is 4.58. The number of likely N-dealkylation sites (tertiary alicyclic amines) is 2. The van der Waals surface area contributed by atoms with Gasteiger partial charge in [-0.15, -0.1) is 0 Å². The first kappa shape index (κ1) is 26.8. The number of amides is 2. The molecule has 35 heavy (non-hydrogen) atoms. The molecule has 0 saturated carbocycles. The van der Waals surface area contributed by atoms with Crippen molar-refractivity contribution >= 4 is 18.0 Å². The molecule has 2 aliphatic heterocycles. The van der Waals surface area contributed by atoms with Crippen LogP contribution in [-0.4, -0.2) is 72.8 Å². The second-order valence-electron chi connectivity index (χ2n) is 11.5. The Labute approximate surface area is 208 Å². The summed E-state index contributed by atoms with van der Waals surface area (Å²) in [4.78, 5) is 41.0. The lowest BCUT2D eigenvalue weighted by Gasteiger charge is -2.36. The Morgan fingerprint density at radius 3 is 2.11 bits per heavy atom. The first-order valence-electron chi connectivity index (χ1n) is 12.4. The molecule has 0 spiro atoms. The molecule has 0 N–H and O–H groups in total. The molecule has 8 heteroatoms. The zero-order valence-corrected chi connectivity index (χ0v) is 22.2. The van der Waals surface area contributed by atoms with E-state index in [0.29, 0.717) is 43.9 Å². The van der Waals surface area contributed by atoms with Gasteiger partial charge in [-0.1, -0.05) is 20.8 Å². The van der Waals surface area contributed by atoms with Crippen LogP contribution >= 0.6 is 0 Å². The summed E-state index contributed by atoms with van der Waals surface area (Å²) in [7, 11) is 1.37. The smallest absolute Gasteiger partial charge is 0.410 e. The summed E-state index contributed by atoms with van der Waals surface area (Å²) in [5.74, 6) is 0.635. The molecule has 2 saturated heterocycles. The van der Waals surface area contributed by atoms with Gasteiger partial charge in [0.05, 0.1) is 19.2 Å². The highest BCUT2D eigenvalue weighted by atomic mass is 16.6. The lowest BCUT2D eigenvalue weighted by atomic mass is 9.86. The fraction of sp³-hybridized carbons (Fsp3) is 0.667. The third-order valence-electron chi connectivity index (χ3n) is 6.38. The van der Waals surface area contributed by atoms with Gasteiger partial charge in [0.15, 0.2) is 0 Å². The van der Waals surface area contributed by atoms with Crippen LogP contribution in [0.15, 0.2) is 18.2 Å². The van der Waals surface area contributed by atoms with Gasteiger partial charge in [0.25, 0.3) is 0 Å². The summed E-state index contributed by atoms with van der Waals surface area (Å²) in [6, 6.07) is 5.39. The van der Waals surface area contributed by atoms with Crippen LogP contribution in [0.25, 0.3) is 0 Å². The number of rotatable bonds is 4. The maximum Gasteiger partial charge on any atom is 0.410 e. The van der Waals surface area contributed by atoms with Crippen molar-refractivity contribution in [2.24, 2.45) is 5.41 Å². The Kier molecular flexibility index (Phi) is 8.02. The molecular weight excluding hydrogens is 448 g/mol. The van der Waals surface area contributed by atoms with E-state index in [1.807, 2.05) is 58.6 Å². The standard InChI is InChI=1S/C27H40N2O6/c1-26(2,3)24(31)28-13-10-18(11-14-28)21-16-19(23(30)33-7)8-9-22(21)34-20-12-15-29(17-20)25(32)35-27(4,5)6/h8-9,16,18,20H,10-15,17H2,1-7H3/t20-/m0/s1. The van der Waals surface area contributed by atoms with Crippen molar-refractivity contribution in [3.05, 3.63) is 29.3 Å². The molecule has 2 amide bonds. The summed E-state index contributed by atoms with van der Waals surface area (Å²) < 4.78 is 16.8. The van der Waals surface area contributed by atoms with Crippen LogP contribution < -0.4 is 4.74 Å². The fourth-order valence-corrected chi connectivity index (χ4v) is 4.58. The van der Waals surface area contributed by atoms with Crippen LogP contribution in [0.5, 0.6) is 5.75 Å². The topological polar surface area (TPSA) is 85.4 Å². The molecule has 2 heterocycles. The van der Waals surface area contributed by atoms with Crippen molar-refractivity contribution in [1.29, 1.82) is 0 Å². The Bertz CT molecular complexity index is 938. The van der Waals surface area contributed by atoms with Gasteiger partial charge in [-0.2, -0.15) is 0 Å². The molecule has 0 bridgehead atoms. The van der Waals surface area contributed by atoms with Crippen molar-refractivity contribution < 1.29 is 28.6 Å². The van der Waals surface area contributed by atoms with Crippen LogP contribution in [0.2, 0.25) is 0 Å². The number of carbonyl (C=O) groups excluding carboxylic acids is 3. The Hall–Kier alpha value is -2.77. The van der Waals surface area contributed by atoms with Gasteiger partial charge in [0, 0.05) is 31.5 Å². The van der Waals surface area contributed by atoms with Gasteiger partial charge < -0.3 is 24.0 Å². The largest absolute Gasteiger partial charge is 0.488 e. The lowest BCUT2D eigenvalue weighted by Crippen LogP contribution is -2.43. The Morgan fingerprint density at radius 1 is 0.914 bits per heavy atom. The molecule has 8 nitrogen and oxygen atoms in total. The zero-order chi connectivity index (χ0) is 26.0. The quantitative estimate of drug-likeness (QED) is 0.575. The minimum absolute atomic E-state index is 0.155. The number of hydrogen-bond acceptors (Lipinski definition) is 6. The van der Waals surface area contributed by atoms with Gasteiger partial charge in [-0.3, -0.25) is 4.79 Å². The Balaban J connectivity index is 1.74. The molecule has 194 valence electrons. The number of methoxy groups -OCH3 is 1. The van der Waals surface area contributed by atoms with E-state index in [1.165, 1.54) is 7.11 Å². The third kappa shape index (κ3) is 6.89. The minimum atomic E-state index is -0.545. The second kappa shape index (κ2) is 10.5. The van der Waals surface area contributed by atoms with Crippen LogP contribution in [0.3, 0.4) is 0 Å². The van der Waals surface area contributed by atoms with Gasteiger partial charge in [0.2, 0.25) is 5.91 Å². The summed E-state index contributed by atoms with van der Waals surface area (Å²) >= 11 is 0. The maximum atomic E-state index is 12.7. The predicted molar refractivity (Wildman–Crippen MR) is 133 cm³/mol. The normalized spacial score (nSPS) is 19.5. The number of piperidine rings is 1. The number of nitrogens with zero attached hydrogens (tertiary/aromatic N) is 2. The first-order chi connectivity index (χ1) is 16.3. The van der Waals surface area contributed by atoms with Gasteiger partial charge in [-0.05, 0) is 63.3 Å². The number of hydrogen-bond donors (Lipinski definition) is 0. The highest BCUT2D eigenvalue weighted by molar-refractivity contribution is 5.89. The molecule has 1 aromatic carbocycles. The van der Waals surface area contributed by atoms with Crippen molar-refractivity contribution in [1.82, 2.24) is 9.80 Å². The van der Waals surface area contributed by atoms with Crippen molar-refractivity contribution in [2.75, 3.05) is 33.3 Å². The van der Waals surface area contributed by atoms with E-state index in [9.17, 15) is 14.4 Å². The molecule has 3 rings (SSSR count). The summed E-state index contributed by atoms with van der Waals surface area (Å²) in [5, 5.41) is 0. The minimum Gasteiger partial charge on any atom is -0.488 e. The molecule has 2 fully saturated rings. The van der Waals surface area contributed by atoms with Gasteiger partial charge >= 0.3 is 12.1 Å². The maximum absolute atomic E-state index is 12.7. The van der Waals surface area contributed by atoms with E-state index < -0.39 is 17.0 Å². The molecule has 0 radical (unpaired) electrons. The highest BCUT2D eigenvalue weighted by Crippen LogP contribution is 2.37. The molecule has 1 atom stereocenters. The van der Waals surface area contributed by atoms with E-state index >= 15 is 0 Å². The Morgan fingerprint density at radius 2 is 1.54 bits per heavy atom. The highest BCUT2D eigenvalue weighted by Gasteiger charge is 2.34. The van der Waals surface area contributed by atoms with E-state index in [2.05, 4.69) is 0 Å². The summed E-state index contributed by atoms with van der Waals surface area (Å²) in [6.07, 6.45) is 1.79. The lowest BCUT2D eigenvalue weighted by molar-refractivity contribution is -0.140. The average molecular weight is 489 g/mol. The molecular formula is C27H40N2O6. The van der Waals surface area contributed by atoms with Crippen LogP contribution in [0.4, 0.5) is 4.79 Å². The monoisotopic (exact) mass is 488 g/mol. The number of esters is 1. The molecule has 1 aromatic rings.